The molecular formula is C16H21N3. The number of piperidine rings is 1. The number of nitriles is 1. The van der Waals surface area contributed by atoms with E-state index in [1.165, 1.54) is 31.2 Å². The van der Waals surface area contributed by atoms with E-state index in [2.05, 4.69) is 36.3 Å². The molecule has 2 saturated heterocycles. The first-order valence-corrected chi connectivity index (χ1v) is 7.17. The Morgan fingerprint density at radius 2 is 1.95 bits per heavy atom. The summed E-state index contributed by atoms with van der Waals surface area (Å²) in [5.41, 5.74) is 3.10. The molecule has 1 N–H and O–H groups in total. The maximum absolute atomic E-state index is 9.28. The lowest BCUT2D eigenvalue weighted by Crippen LogP contribution is -2.47. The number of anilines is 1. The van der Waals surface area contributed by atoms with Gasteiger partial charge in [-0.2, -0.15) is 5.26 Å². The minimum Gasteiger partial charge on any atom is -0.370 e. The largest absolute Gasteiger partial charge is 0.370 e. The van der Waals surface area contributed by atoms with Crippen LogP contribution >= 0.6 is 0 Å². The molecule has 0 aliphatic carbocycles. The highest BCUT2D eigenvalue weighted by Crippen LogP contribution is 2.32. The summed E-state index contributed by atoms with van der Waals surface area (Å²) in [6.45, 7) is 2.09. The minimum absolute atomic E-state index is 0.563. The molecule has 0 amide bonds. The van der Waals surface area contributed by atoms with Crippen molar-refractivity contribution in [2.24, 2.45) is 0 Å². The minimum atomic E-state index is 0.563. The number of benzene rings is 1. The zero-order chi connectivity index (χ0) is 13.4. The van der Waals surface area contributed by atoms with Gasteiger partial charge in [0.15, 0.2) is 0 Å². The zero-order valence-corrected chi connectivity index (χ0v) is 11.7. The first kappa shape index (κ1) is 12.5. The molecule has 0 spiro atoms. The summed E-state index contributed by atoms with van der Waals surface area (Å²) in [5.74, 6) is 0. The summed E-state index contributed by atoms with van der Waals surface area (Å²) in [4.78, 5) is 2.33. The average Bonchev–Trinajstić information content (AvgIpc) is 2.76. The van der Waals surface area contributed by atoms with Crippen LogP contribution in [0.2, 0.25) is 0 Å². The van der Waals surface area contributed by atoms with E-state index in [4.69, 9.17) is 0 Å². The van der Waals surface area contributed by atoms with E-state index in [1.54, 1.807) is 0 Å². The Morgan fingerprint density at radius 3 is 2.58 bits per heavy atom. The molecule has 2 unspecified atom stereocenters. The molecule has 100 valence electrons. The van der Waals surface area contributed by atoms with Gasteiger partial charge in [0.2, 0.25) is 0 Å². The summed E-state index contributed by atoms with van der Waals surface area (Å²) in [5, 5.41) is 13.0. The summed E-state index contributed by atoms with van der Waals surface area (Å²) in [6, 6.07) is 10.3. The third-order valence-corrected chi connectivity index (χ3v) is 4.65. The van der Waals surface area contributed by atoms with Gasteiger partial charge in [-0.15, -0.1) is 0 Å². The van der Waals surface area contributed by atoms with E-state index in [0.29, 0.717) is 18.1 Å². The van der Waals surface area contributed by atoms with Crippen LogP contribution < -0.4 is 10.2 Å². The van der Waals surface area contributed by atoms with Crippen molar-refractivity contribution in [3.63, 3.8) is 0 Å². The van der Waals surface area contributed by atoms with E-state index < -0.39 is 0 Å². The monoisotopic (exact) mass is 255 g/mol. The lowest BCUT2D eigenvalue weighted by atomic mass is 9.97. The first-order chi connectivity index (χ1) is 9.17. The van der Waals surface area contributed by atoms with Crippen molar-refractivity contribution in [3.8, 4) is 6.07 Å². The van der Waals surface area contributed by atoms with Crippen molar-refractivity contribution in [2.45, 2.75) is 50.7 Å². The third kappa shape index (κ3) is 2.33. The number of rotatable bonds is 2. The number of hydrogen-bond acceptors (Lipinski definition) is 3. The Morgan fingerprint density at radius 1 is 1.26 bits per heavy atom. The number of hydrogen-bond donors (Lipinski definition) is 1. The molecule has 3 nitrogen and oxygen atoms in total. The highest BCUT2D eigenvalue weighted by atomic mass is 15.2. The summed E-state index contributed by atoms with van der Waals surface area (Å²) >= 11 is 0. The molecule has 3 heteroatoms. The van der Waals surface area contributed by atoms with Gasteiger partial charge in [0, 0.05) is 25.2 Å². The van der Waals surface area contributed by atoms with Gasteiger partial charge in [0.25, 0.3) is 0 Å². The second-order valence-corrected chi connectivity index (χ2v) is 6.01. The Balaban J connectivity index is 1.86. The molecule has 2 fully saturated rings. The van der Waals surface area contributed by atoms with Crippen LogP contribution in [0.1, 0.15) is 36.8 Å². The fraction of sp³-hybridized carbons (Fsp3) is 0.562. The molecule has 0 radical (unpaired) electrons. The molecule has 0 saturated carbocycles. The van der Waals surface area contributed by atoms with E-state index in [1.807, 2.05) is 12.1 Å². The number of aryl methyl sites for hydroxylation is 1. The van der Waals surface area contributed by atoms with Crippen molar-refractivity contribution in [2.75, 3.05) is 11.9 Å². The standard InChI is InChI=1S/C16H21N3/c1-11-3-4-12(10-17)16(7-11)19(2)15-8-13-5-6-14(9-15)18-13/h3-4,7,13-15,18H,5-6,8-9H2,1-2H3. The van der Waals surface area contributed by atoms with Crippen molar-refractivity contribution in [1.82, 2.24) is 5.32 Å². The molecule has 1 aromatic rings. The van der Waals surface area contributed by atoms with Gasteiger partial charge < -0.3 is 10.2 Å². The lowest BCUT2D eigenvalue weighted by Gasteiger charge is -2.37. The van der Waals surface area contributed by atoms with Crippen LogP contribution in [0.3, 0.4) is 0 Å². The van der Waals surface area contributed by atoms with E-state index in [0.717, 1.165) is 11.3 Å². The zero-order valence-electron chi connectivity index (χ0n) is 11.7. The highest BCUT2D eigenvalue weighted by Gasteiger charge is 2.35. The topological polar surface area (TPSA) is 39.1 Å². The van der Waals surface area contributed by atoms with Gasteiger partial charge in [0.05, 0.1) is 11.3 Å². The van der Waals surface area contributed by atoms with E-state index in [-0.39, 0.29) is 0 Å². The Kier molecular flexibility index (Phi) is 3.20. The van der Waals surface area contributed by atoms with Gasteiger partial charge in [-0.3, -0.25) is 0 Å². The van der Waals surface area contributed by atoms with Crippen LogP contribution in [-0.4, -0.2) is 25.2 Å². The first-order valence-electron chi connectivity index (χ1n) is 7.17. The molecule has 2 bridgehead atoms. The molecule has 2 aliphatic heterocycles. The van der Waals surface area contributed by atoms with Gasteiger partial charge >= 0.3 is 0 Å². The number of nitrogens with one attached hydrogen (secondary N) is 1. The van der Waals surface area contributed by atoms with E-state index in [9.17, 15) is 5.26 Å². The van der Waals surface area contributed by atoms with Crippen LogP contribution in [0.15, 0.2) is 18.2 Å². The number of fused-ring (bicyclic) bond motifs is 2. The molecule has 0 aromatic heterocycles. The Bertz CT molecular complexity index is 505. The molecule has 2 aliphatic rings. The van der Waals surface area contributed by atoms with Crippen molar-refractivity contribution in [3.05, 3.63) is 29.3 Å². The second kappa shape index (κ2) is 4.86. The van der Waals surface area contributed by atoms with Gasteiger partial charge in [-0.25, -0.2) is 0 Å². The van der Waals surface area contributed by atoms with Crippen LogP contribution in [0.25, 0.3) is 0 Å². The average molecular weight is 255 g/mol. The fourth-order valence-electron chi connectivity index (χ4n) is 3.57. The summed E-state index contributed by atoms with van der Waals surface area (Å²) in [7, 11) is 2.14. The third-order valence-electron chi connectivity index (χ3n) is 4.65. The molecule has 2 heterocycles. The molecule has 19 heavy (non-hydrogen) atoms. The van der Waals surface area contributed by atoms with Gasteiger partial charge in [-0.1, -0.05) is 6.07 Å². The summed E-state index contributed by atoms with van der Waals surface area (Å²) < 4.78 is 0. The maximum Gasteiger partial charge on any atom is 0.101 e. The highest BCUT2D eigenvalue weighted by molar-refractivity contribution is 5.61. The van der Waals surface area contributed by atoms with Gasteiger partial charge in [0.1, 0.15) is 6.07 Å². The second-order valence-electron chi connectivity index (χ2n) is 6.01. The molecule has 1 aromatic carbocycles. The van der Waals surface area contributed by atoms with E-state index >= 15 is 0 Å². The SMILES string of the molecule is Cc1ccc(C#N)c(N(C)C2CC3CCC(C2)N3)c1. The Hall–Kier alpha value is -1.53. The van der Waals surface area contributed by atoms with Crippen molar-refractivity contribution in [1.29, 1.82) is 5.26 Å². The normalized spacial score (nSPS) is 29.0. The van der Waals surface area contributed by atoms with Crippen LogP contribution in [0, 0.1) is 18.3 Å². The van der Waals surface area contributed by atoms with Crippen molar-refractivity contribution >= 4 is 5.69 Å². The maximum atomic E-state index is 9.28. The van der Waals surface area contributed by atoms with Crippen LogP contribution in [0.5, 0.6) is 0 Å². The molecule has 3 rings (SSSR count). The predicted molar refractivity (Wildman–Crippen MR) is 77.3 cm³/mol. The molecular weight excluding hydrogens is 234 g/mol. The smallest absolute Gasteiger partial charge is 0.101 e. The lowest BCUT2D eigenvalue weighted by molar-refractivity contribution is 0.354. The van der Waals surface area contributed by atoms with Crippen LogP contribution in [-0.2, 0) is 0 Å². The summed E-state index contributed by atoms with van der Waals surface area (Å²) in [6.07, 6.45) is 5.03. The predicted octanol–water partition coefficient (Wildman–Crippen LogP) is 2.59. The number of nitrogens with zero attached hydrogens (tertiary/aromatic N) is 2. The molecule has 2 atom stereocenters. The quantitative estimate of drug-likeness (QED) is 0.883. The fourth-order valence-corrected chi connectivity index (χ4v) is 3.57. The van der Waals surface area contributed by atoms with Gasteiger partial charge in [-0.05, 0) is 50.3 Å². The van der Waals surface area contributed by atoms with Crippen molar-refractivity contribution < 1.29 is 0 Å². The Labute approximate surface area is 115 Å². The van der Waals surface area contributed by atoms with Crippen LogP contribution in [0.4, 0.5) is 5.69 Å².